The number of aromatic nitrogens is 1. The molecular formula is C16H18ClFN2OS. The Morgan fingerprint density at radius 3 is 2.55 bits per heavy atom. The molecule has 0 aliphatic heterocycles. The van der Waals surface area contributed by atoms with E-state index in [1.54, 1.807) is 31.4 Å². The monoisotopic (exact) mass is 340 g/mol. The Labute approximate surface area is 138 Å². The molecule has 22 heavy (non-hydrogen) atoms. The molecule has 0 bridgehead atoms. The summed E-state index contributed by atoms with van der Waals surface area (Å²) in [6.45, 7) is 7.51. The van der Waals surface area contributed by atoms with Gasteiger partial charge in [-0.05, 0) is 39.3 Å². The van der Waals surface area contributed by atoms with Gasteiger partial charge in [-0.2, -0.15) is 0 Å². The molecule has 0 N–H and O–H groups in total. The third kappa shape index (κ3) is 3.01. The second kappa shape index (κ2) is 6.34. The van der Waals surface area contributed by atoms with Gasteiger partial charge in [0, 0.05) is 11.9 Å². The van der Waals surface area contributed by atoms with Crippen LogP contribution in [0.25, 0.3) is 0 Å². The van der Waals surface area contributed by atoms with Gasteiger partial charge in [-0.15, -0.1) is 11.3 Å². The second-order valence-corrected chi connectivity index (χ2v) is 7.10. The molecule has 0 aliphatic carbocycles. The van der Waals surface area contributed by atoms with Gasteiger partial charge in [0.1, 0.15) is 5.82 Å². The third-order valence-corrected chi connectivity index (χ3v) is 5.12. The van der Waals surface area contributed by atoms with Crippen LogP contribution in [0.2, 0.25) is 5.02 Å². The van der Waals surface area contributed by atoms with Crippen molar-refractivity contribution < 1.29 is 9.18 Å². The fourth-order valence-corrected chi connectivity index (χ4v) is 3.46. The molecule has 0 saturated heterocycles. The van der Waals surface area contributed by atoms with Gasteiger partial charge < -0.3 is 4.90 Å². The third-order valence-electron chi connectivity index (χ3n) is 3.73. The fourth-order valence-electron chi connectivity index (χ4n) is 2.32. The van der Waals surface area contributed by atoms with Crippen molar-refractivity contribution >= 4 is 28.8 Å². The molecule has 0 saturated carbocycles. The Morgan fingerprint density at radius 2 is 2.00 bits per heavy atom. The standard InChI is InChI=1S/C16H18ClFN2OS/c1-8-6-7-12(18)13(14(8)17)16(21)20(5)9(2)15-10(3)22-11(4)19-15/h6-7,9H,1-5H3. The van der Waals surface area contributed by atoms with Gasteiger partial charge in [-0.25, -0.2) is 9.37 Å². The van der Waals surface area contributed by atoms with Crippen molar-refractivity contribution in [2.24, 2.45) is 0 Å². The SMILES string of the molecule is Cc1nc(C(C)N(C)C(=O)c2c(F)ccc(C)c2Cl)c(C)s1. The molecule has 0 aliphatic rings. The van der Waals surface area contributed by atoms with E-state index in [4.69, 9.17) is 11.6 Å². The molecule has 0 spiro atoms. The summed E-state index contributed by atoms with van der Waals surface area (Å²) in [5, 5.41) is 1.11. The number of carbonyl (C=O) groups is 1. The van der Waals surface area contributed by atoms with Crippen LogP contribution in [0.4, 0.5) is 4.39 Å². The molecule has 2 aromatic rings. The van der Waals surface area contributed by atoms with Gasteiger partial charge in [0.25, 0.3) is 5.91 Å². The molecule has 1 unspecified atom stereocenters. The van der Waals surface area contributed by atoms with Gasteiger partial charge in [0.2, 0.25) is 0 Å². The molecule has 118 valence electrons. The molecule has 1 atom stereocenters. The van der Waals surface area contributed by atoms with Gasteiger partial charge in [-0.1, -0.05) is 17.7 Å². The van der Waals surface area contributed by atoms with Crippen LogP contribution in [0.15, 0.2) is 12.1 Å². The van der Waals surface area contributed by atoms with E-state index in [0.29, 0.717) is 5.56 Å². The number of halogens is 2. The fraction of sp³-hybridized carbons (Fsp3) is 0.375. The number of hydrogen-bond acceptors (Lipinski definition) is 3. The molecule has 2 rings (SSSR count). The van der Waals surface area contributed by atoms with Gasteiger partial charge in [0.15, 0.2) is 0 Å². The molecule has 1 aromatic heterocycles. The Bertz CT molecular complexity index is 729. The van der Waals surface area contributed by atoms with Crippen molar-refractivity contribution in [3.8, 4) is 0 Å². The van der Waals surface area contributed by atoms with E-state index in [9.17, 15) is 9.18 Å². The topological polar surface area (TPSA) is 33.2 Å². The lowest BCUT2D eigenvalue weighted by Crippen LogP contribution is -2.31. The Balaban J connectivity index is 2.37. The van der Waals surface area contributed by atoms with Crippen LogP contribution in [0, 0.1) is 26.6 Å². The zero-order valence-electron chi connectivity index (χ0n) is 13.2. The van der Waals surface area contributed by atoms with E-state index in [1.807, 2.05) is 20.8 Å². The summed E-state index contributed by atoms with van der Waals surface area (Å²) < 4.78 is 14.0. The summed E-state index contributed by atoms with van der Waals surface area (Å²) in [7, 11) is 1.64. The largest absolute Gasteiger partial charge is 0.333 e. The van der Waals surface area contributed by atoms with Crippen LogP contribution >= 0.6 is 22.9 Å². The lowest BCUT2D eigenvalue weighted by molar-refractivity contribution is 0.0735. The van der Waals surface area contributed by atoms with Crippen molar-refractivity contribution in [2.45, 2.75) is 33.7 Å². The Kier molecular flexibility index (Phi) is 4.87. The van der Waals surface area contributed by atoms with Crippen LogP contribution in [-0.2, 0) is 0 Å². The van der Waals surface area contributed by atoms with E-state index in [0.717, 1.165) is 15.6 Å². The lowest BCUT2D eigenvalue weighted by Gasteiger charge is -2.25. The minimum Gasteiger partial charge on any atom is -0.333 e. The summed E-state index contributed by atoms with van der Waals surface area (Å²) in [5.41, 5.74) is 1.43. The summed E-state index contributed by atoms with van der Waals surface area (Å²) in [6, 6.07) is 2.57. The summed E-state index contributed by atoms with van der Waals surface area (Å²) >= 11 is 7.70. The minimum absolute atomic E-state index is 0.0828. The number of thiazole rings is 1. The average Bonchev–Trinajstić information content (AvgIpc) is 2.80. The molecule has 0 fully saturated rings. The number of aryl methyl sites for hydroxylation is 3. The first kappa shape index (κ1) is 16.9. The van der Waals surface area contributed by atoms with Gasteiger partial charge in [0.05, 0.1) is 27.3 Å². The van der Waals surface area contributed by atoms with Crippen LogP contribution in [0.1, 0.15) is 44.5 Å². The quantitative estimate of drug-likeness (QED) is 0.811. The van der Waals surface area contributed by atoms with Gasteiger partial charge in [-0.3, -0.25) is 4.79 Å². The molecular weight excluding hydrogens is 323 g/mol. The van der Waals surface area contributed by atoms with Crippen LogP contribution in [0.3, 0.4) is 0 Å². The maximum absolute atomic E-state index is 14.0. The van der Waals surface area contributed by atoms with E-state index < -0.39 is 11.7 Å². The molecule has 1 heterocycles. The zero-order chi connectivity index (χ0) is 16.6. The van der Waals surface area contributed by atoms with Crippen molar-refractivity contribution in [1.29, 1.82) is 0 Å². The number of carbonyl (C=O) groups excluding carboxylic acids is 1. The molecule has 6 heteroatoms. The summed E-state index contributed by atoms with van der Waals surface area (Å²) in [5.74, 6) is -1.05. The van der Waals surface area contributed by atoms with Crippen LogP contribution < -0.4 is 0 Å². The first-order valence-electron chi connectivity index (χ1n) is 6.89. The number of hydrogen-bond donors (Lipinski definition) is 0. The first-order chi connectivity index (χ1) is 10.2. The lowest BCUT2D eigenvalue weighted by atomic mass is 10.1. The Hall–Kier alpha value is -1.46. The van der Waals surface area contributed by atoms with E-state index >= 15 is 0 Å². The van der Waals surface area contributed by atoms with Crippen molar-refractivity contribution in [3.63, 3.8) is 0 Å². The van der Waals surface area contributed by atoms with Crippen molar-refractivity contribution in [3.05, 3.63) is 49.7 Å². The number of rotatable bonds is 3. The molecule has 1 amide bonds. The highest BCUT2D eigenvalue weighted by molar-refractivity contribution is 7.11. The van der Waals surface area contributed by atoms with Crippen LogP contribution in [0.5, 0.6) is 0 Å². The molecule has 1 aromatic carbocycles. The Morgan fingerprint density at radius 1 is 1.36 bits per heavy atom. The van der Waals surface area contributed by atoms with Crippen LogP contribution in [-0.4, -0.2) is 22.8 Å². The zero-order valence-corrected chi connectivity index (χ0v) is 14.8. The average molecular weight is 341 g/mol. The predicted molar refractivity (Wildman–Crippen MR) is 88.2 cm³/mol. The first-order valence-corrected chi connectivity index (χ1v) is 8.09. The molecule has 3 nitrogen and oxygen atoms in total. The normalized spacial score (nSPS) is 12.3. The predicted octanol–water partition coefficient (Wildman–Crippen LogP) is 4.69. The smallest absolute Gasteiger partial charge is 0.258 e. The maximum atomic E-state index is 14.0. The van der Waals surface area contributed by atoms with E-state index in [-0.39, 0.29) is 16.6 Å². The van der Waals surface area contributed by atoms with E-state index in [2.05, 4.69) is 4.98 Å². The second-order valence-electron chi connectivity index (χ2n) is 5.32. The summed E-state index contributed by atoms with van der Waals surface area (Å²) in [4.78, 5) is 19.6. The van der Waals surface area contributed by atoms with Crippen molar-refractivity contribution in [1.82, 2.24) is 9.88 Å². The maximum Gasteiger partial charge on any atom is 0.258 e. The molecule has 0 radical (unpaired) electrons. The van der Waals surface area contributed by atoms with Gasteiger partial charge >= 0.3 is 0 Å². The highest BCUT2D eigenvalue weighted by Gasteiger charge is 2.26. The summed E-state index contributed by atoms with van der Waals surface area (Å²) in [6.07, 6.45) is 0. The highest BCUT2D eigenvalue weighted by Crippen LogP contribution is 2.30. The van der Waals surface area contributed by atoms with Crippen molar-refractivity contribution in [2.75, 3.05) is 7.05 Å². The number of nitrogens with zero attached hydrogens (tertiary/aromatic N) is 2. The number of amides is 1. The number of benzene rings is 1. The minimum atomic E-state index is -0.606. The van der Waals surface area contributed by atoms with E-state index in [1.165, 1.54) is 11.0 Å². The highest BCUT2D eigenvalue weighted by atomic mass is 35.5.